The van der Waals surface area contributed by atoms with E-state index in [4.69, 9.17) is 11.1 Å². The molecule has 0 heterocycles. The summed E-state index contributed by atoms with van der Waals surface area (Å²) in [6.07, 6.45) is 9.84. The van der Waals surface area contributed by atoms with Gasteiger partial charge in [0.1, 0.15) is 0 Å². The molecule has 2 heteroatoms. The number of hydrogen-bond donors (Lipinski definition) is 0. The van der Waals surface area contributed by atoms with E-state index < -0.39 is 7.38 Å². The Morgan fingerprint density at radius 1 is 0.733 bits per heavy atom. The van der Waals surface area contributed by atoms with Crippen molar-refractivity contribution in [1.82, 2.24) is 0 Å². The first kappa shape index (κ1) is 15.5. The van der Waals surface area contributed by atoms with Gasteiger partial charge in [-0.15, -0.1) is 0 Å². The van der Waals surface area contributed by atoms with Crippen molar-refractivity contribution in [3.8, 4) is 0 Å². The number of hydrogen-bond acceptors (Lipinski definition) is 0. The zero-order chi connectivity index (χ0) is 11.6. The Bertz CT molecular complexity index is 132. The first-order valence-corrected chi connectivity index (χ1v) is 10.5. The zero-order valence-electron chi connectivity index (χ0n) is 10.9. The minimum Gasteiger partial charge on any atom is -0.167 e. The Hall–Kier alpha value is 0.507. The highest BCUT2D eigenvalue weighted by Gasteiger charge is 2.24. The molecular formula is C13H29ClSi. The van der Waals surface area contributed by atoms with Crippen molar-refractivity contribution in [1.29, 1.82) is 0 Å². The van der Waals surface area contributed by atoms with Crippen LogP contribution in [-0.4, -0.2) is 7.38 Å². The summed E-state index contributed by atoms with van der Waals surface area (Å²) in [5.41, 5.74) is 0. The molecule has 0 aliphatic carbocycles. The van der Waals surface area contributed by atoms with Crippen molar-refractivity contribution in [3.63, 3.8) is 0 Å². The molecule has 15 heavy (non-hydrogen) atoms. The Balaban J connectivity index is 3.29. The van der Waals surface area contributed by atoms with Gasteiger partial charge < -0.3 is 0 Å². The Morgan fingerprint density at radius 2 is 1.20 bits per heavy atom. The first-order chi connectivity index (χ1) is 7.18. The van der Waals surface area contributed by atoms with E-state index >= 15 is 0 Å². The van der Waals surface area contributed by atoms with Crippen molar-refractivity contribution in [2.75, 3.05) is 0 Å². The van der Waals surface area contributed by atoms with E-state index in [-0.39, 0.29) is 0 Å². The SMILES string of the molecule is CCCCCCCCC[Si](Cl)(CC)CC. The molecule has 0 atom stereocenters. The second-order valence-corrected chi connectivity index (χ2v) is 11.4. The second kappa shape index (κ2) is 9.71. The zero-order valence-corrected chi connectivity index (χ0v) is 12.7. The monoisotopic (exact) mass is 248 g/mol. The average Bonchev–Trinajstić information content (AvgIpc) is 2.27. The van der Waals surface area contributed by atoms with E-state index in [9.17, 15) is 0 Å². The van der Waals surface area contributed by atoms with Gasteiger partial charge in [0.15, 0.2) is 7.38 Å². The van der Waals surface area contributed by atoms with Gasteiger partial charge in [0.2, 0.25) is 0 Å². The molecule has 92 valence electrons. The molecule has 0 spiro atoms. The predicted molar refractivity (Wildman–Crippen MR) is 75.4 cm³/mol. The minimum absolute atomic E-state index is 1.25. The van der Waals surface area contributed by atoms with E-state index in [1.54, 1.807) is 0 Å². The van der Waals surface area contributed by atoms with Crippen LogP contribution in [-0.2, 0) is 0 Å². The molecule has 0 aromatic carbocycles. The Morgan fingerprint density at radius 3 is 1.67 bits per heavy atom. The quantitative estimate of drug-likeness (QED) is 0.254. The van der Waals surface area contributed by atoms with Crippen LogP contribution in [0.1, 0.15) is 65.7 Å². The highest BCUT2D eigenvalue weighted by molar-refractivity contribution is 7.20. The van der Waals surface area contributed by atoms with Crippen LogP contribution < -0.4 is 0 Å². The Labute approximate surface area is 103 Å². The fourth-order valence-electron chi connectivity index (χ4n) is 2.00. The lowest BCUT2D eigenvalue weighted by Crippen LogP contribution is -2.23. The van der Waals surface area contributed by atoms with E-state index in [0.717, 1.165) is 0 Å². The molecule has 0 amide bonds. The first-order valence-electron chi connectivity index (χ1n) is 6.87. The van der Waals surface area contributed by atoms with Gasteiger partial charge in [-0.05, 0) is 18.1 Å². The van der Waals surface area contributed by atoms with E-state index in [1.165, 1.54) is 63.1 Å². The van der Waals surface area contributed by atoms with Crippen molar-refractivity contribution in [3.05, 3.63) is 0 Å². The van der Waals surface area contributed by atoms with Gasteiger partial charge >= 0.3 is 0 Å². The number of rotatable bonds is 10. The maximum absolute atomic E-state index is 6.61. The summed E-state index contributed by atoms with van der Waals surface area (Å²) < 4.78 is 0. The predicted octanol–water partition coefficient (Wildman–Crippen LogP) is 5.96. The molecule has 0 rings (SSSR count). The number of unbranched alkanes of at least 4 members (excludes halogenated alkanes) is 6. The smallest absolute Gasteiger partial charge is 0.156 e. The molecule has 0 aliphatic rings. The fourth-order valence-corrected chi connectivity index (χ4v) is 4.49. The van der Waals surface area contributed by atoms with Crippen molar-refractivity contribution >= 4 is 18.5 Å². The van der Waals surface area contributed by atoms with Crippen LogP contribution >= 0.6 is 11.1 Å². The van der Waals surface area contributed by atoms with Crippen LogP contribution in [0.5, 0.6) is 0 Å². The third-order valence-corrected chi connectivity index (χ3v) is 9.45. The summed E-state index contributed by atoms with van der Waals surface area (Å²) in [6, 6.07) is 3.84. The maximum Gasteiger partial charge on any atom is 0.156 e. The summed E-state index contributed by atoms with van der Waals surface area (Å²) in [6.45, 7) is 6.81. The molecule has 0 saturated carbocycles. The van der Waals surface area contributed by atoms with Crippen molar-refractivity contribution in [2.45, 2.75) is 83.8 Å². The Kier molecular flexibility index (Phi) is 10.0. The largest absolute Gasteiger partial charge is 0.167 e. The van der Waals surface area contributed by atoms with Crippen molar-refractivity contribution < 1.29 is 0 Å². The van der Waals surface area contributed by atoms with Crippen LogP contribution in [0.4, 0.5) is 0 Å². The van der Waals surface area contributed by atoms with Crippen molar-refractivity contribution in [2.24, 2.45) is 0 Å². The standard InChI is InChI=1S/C13H29ClSi/c1-4-7-8-9-10-11-12-13-15(14,5-2)6-3/h4-13H2,1-3H3. The van der Waals surface area contributed by atoms with E-state index in [0.29, 0.717) is 0 Å². The molecule has 0 radical (unpaired) electrons. The van der Waals surface area contributed by atoms with E-state index in [2.05, 4.69) is 20.8 Å². The molecule has 0 bridgehead atoms. The topological polar surface area (TPSA) is 0 Å². The molecule has 0 unspecified atom stereocenters. The van der Waals surface area contributed by atoms with Gasteiger partial charge in [0, 0.05) is 0 Å². The van der Waals surface area contributed by atoms with Gasteiger partial charge in [-0.25, -0.2) is 0 Å². The lowest BCUT2D eigenvalue weighted by atomic mass is 10.1. The van der Waals surface area contributed by atoms with Crippen LogP contribution in [0.15, 0.2) is 0 Å². The third kappa shape index (κ3) is 8.33. The molecule has 0 fully saturated rings. The summed E-state index contributed by atoms with van der Waals surface area (Å²) in [4.78, 5) is 0. The molecule has 0 saturated heterocycles. The maximum atomic E-state index is 6.61. The van der Waals surface area contributed by atoms with Gasteiger partial charge in [-0.3, -0.25) is 0 Å². The number of halogens is 1. The molecule has 0 N–H and O–H groups in total. The molecule has 0 aromatic rings. The normalized spacial score (nSPS) is 12.0. The van der Waals surface area contributed by atoms with Crippen LogP contribution in [0.2, 0.25) is 18.1 Å². The van der Waals surface area contributed by atoms with Gasteiger partial charge in [-0.1, -0.05) is 65.7 Å². The molecular weight excluding hydrogens is 220 g/mol. The lowest BCUT2D eigenvalue weighted by molar-refractivity contribution is 0.600. The van der Waals surface area contributed by atoms with Gasteiger partial charge in [0.05, 0.1) is 0 Å². The highest BCUT2D eigenvalue weighted by atomic mass is 35.6. The summed E-state index contributed by atoms with van der Waals surface area (Å²) in [5.74, 6) is 0. The highest BCUT2D eigenvalue weighted by Crippen LogP contribution is 2.27. The molecule has 0 aliphatic heterocycles. The van der Waals surface area contributed by atoms with Gasteiger partial charge in [-0.2, -0.15) is 11.1 Å². The molecule has 0 nitrogen and oxygen atoms in total. The minimum atomic E-state index is -1.30. The van der Waals surface area contributed by atoms with Crippen LogP contribution in [0.3, 0.4) is 0 Å². The summed E-state index contributed by atoms with van der Waals surface area (Å²) in [5, 5.41) is 0. The average molecular weight is 249 g/mol. The van der Waals surface area contributed by atoms with Gasteiger partial charge in [0.25, 0.3) is 0 Å². The second-order valence-electron chi connectivity index (χ2n) is 4.73. The fraction of sp³-hybridized carbons (Fsp3) is 1.00. The lowest BCUT2D eigenvalue weighted by Gasteiger charge is -2.20. The van der Waals surface area contributed by atoms with Crippen LogP contribution in [0, 0.1) is 0 Å². The summed E-state index contributed by atoms with van der Waals surface area (Å²) >= 11 is 6.61. The van der Waals surface area contributed by atoms with E-state index in [1.807, 2.05) is 0 Å². The third-order valence-electron chi connectivity index (χ3n) is 3.50. The van der Waals surface area contributed by atoms with Crippen LogP contribution in [0.25, 0.3) is 0 Å². The summed E-state index contributed by atoms with van der Waals surface area (Å²) in [7, 11) is -1.30. The molecule has 0 aromatic heterocycles.